The maximum absolute atomic E-state index is 5.31. The van der Waals surface area contributed by atoms with Gasteiger partial charge in [-0.05, 0) is 25.8 Å². The first-order valence-corrected chi connectivity index (χ1v) is 5.80. The third kappa shape index (κ3) is 22.6. The first-order valence-electron chi connectivity index (χ1n) is 5.36. The average Bonchev–Trinajstić information content (AvgIpc) is 2.20. The maximum Gasteiger partial charge on any atom is 0.0465 e. The number of hydrogen-bond donors (Lipinski definition) is 0. The molecule has 0 bridgehead atoms. The highest BCUT2D eigenvalue weighted by Crippen LogP contribution is 1.91. The van der Waals surface area contributed by atoms with Crippen molar-refractivity contribution in [3.63, 3.8) is 0 Å². The van der Waals surface area contributed by atoms with Gasteiger partial charge in [-0.1, -0.05) is 38.3 Å². The molecule has 0 saturated heterocycles. The predicted octanol–water partition coefficient (Wildman–Crippen LogP) is 4.52. The number of halogens is 1. The molecule has 0 aromatic carbocycles. The van der Waals surface area contributed by atoms with Gasteiger partial charge in [0.15, 0.2) is 0 Å². The van der Waals surface area contributed by atoms with Gasteiger partial charge in [0.1, 0.15) is 0 Å². The highest BCUT2D eigenvalue weighted by Gasteiger charge is 1.84. The van der Waals surface area contributed by atoms with Crippen LogP contribution in [0.1, 0.15) is 46.5 Å². The fourth-order valence-corrected chi connectivity index (χ4v) is 0.784. The Labute approximate surface area is 93.8 Å². The monoisotopic (exact) mass is 218 g/mol. The van der Waals surface area contributed by atoms with Crippen molar-refractivity contribution in [1.82, 2.24) is 0 Å². The Morgan fingerprint density at radius 1 is 1.14 bits per heavy atom. The van der Waals surface area contributed by atoms with E-state index in [0.717, 1.165) is 13.2 Å². The number of rotatable bonds is 6. The fourth-order valence-electron chi connectivity index (χ4n) is 0.658. The lowest BCUT2D eigenvalue weighted by atomic mass is 10.3. The van der Waals surface area contributed by atoms with Crippen molar-refractivity contribution in [3.05, 3.63) is 17.3 Å². The summed E-state index contributed by atoms with van der Waals surface area (Å²) in [7, 11) is 0. The molecule has 0 N–H and O–H groups in total. The Morgan fingerprint density at radius 3 is 1.86 bits per heavy atom. The largest absolute Gasteiger partial charge is 0.381 e. The summed E-state index contributed by atoms with van der Waals surface area (Å²) in [6.45, 7) is 8.14. The van der Waals surface area contributed by atoms with Gasteiger partial charge in [0.25, 0.3) is 0 Å². The number of allylic oxidation sites excluding steroid dienone is 1. The van der Waals surface area contributed by atoms with E-state index >= 15 is 0 Å². The molecule has 0 rings (SSSR count). The summed E-state index contributed by atoms with van der Waals surface area (Å²) in [5.41, 5.74) is 3.97. The summed E-state index contributed by atoms with van der Waals surface area (Å²) < 4.78 is 5.31. The summed E-state index contributed by atoms with van der Waals surface area (Å²) in [6, 6.07) is 0. The van der Waals surface area contributed by atoms with Crippen molar-refractivity contribution >= 4 is 11.6 Å². The van der Waals surface area contributed by atoms with Gasteiger partial charge in [-0.2, -0.15) is 0 Å². The second kappa shape index (κ2) is 18.5. The first-order chi connectivity index (χ1) is 6.83. The van der Waals surface area contributed by atoms with Crippen LogP contribution in [0.5, 0.6) is 0 Å². The molecule has 0 spiro atoms. The quantitative estimate of drug-likeness (QED) is 0.471. The number of unbranched alkanes of at least 4 members (excludes halogenated alkanes) is 2. The van der Waals surface area contributed by atoms with Crippen molar-refractivity contribution in [2.24, 2.45) is 0 Å². The van der Waals surface area contributed by atoms with Gasteiger partial charge in [-0.15, -0.1) is 5.73 Å². The standard InChI is InChI=1S/C8H18O.C4H5Cl/c1-3-5-7-9-8-6-4-2;1-2-3-4-5/h3-8H2,1-2H3;2,4H,1H3. The topological polar surface area (TPSA) is 9.23 Å². The van der Waals surface area contributed by atoms with Crippen molar-refractivity contribution in [3.8, 4) is 0 Å². The van der Waals surface area contributed by atoms with Gasteiger partial charge in [-0.25, -0.2) is 0 Å². The molecule has 0 heterocycles. The van der Waals surface area contributed by atoms with E-state index in [2.05, 4.69) is 19.6 Å². The molecule has 0 aliphatic carbocycles. The molecule has 0 aliphatic heterocycles. The second-order valence-corrected chi connectivity index (χ2v) is 3.10. The molecule has 0 unspecified atom stereocenters. The van der Waals surface area contributed by atoms with Crippen molar-refractivity contribution < 1.29 is 4.74 Å². The van der Waals surface area contributed by atoms with E-state index in [1.165, 1.54) is 31.2 Å². The fraction of sp³-hybridized carbons (Fsp3) is 0.750. The lowest BCUT2D eigenvalue weighted by molar-refractivity contribution is 0.128. The molecule has 0 amide bonds. The molecule has 2 heteroatoms. The molecule has 0 aliphatic rings. The zero-order valence-electron chi connectivity index (χ0n) is 9.68. The maximum atomic E-state index is 5.31. The van der Waals surface area contributed by atoms with Gasteiger partial charge in [-0.3, -0.25) is 0 Å². The van der Waals surface area contributed by atoms with E-state index in [0.29, 0.717) is 0 Å². The van der Waals surface area contributed by atoms with Crippen LogP contribution in [0.4, 0.5) is 0 Å². The van der Waals surface area contributed by atoms with Crippen LogP contribution in [0.2, 0.25) is 0 Å². The highest BCUT2D eigenvalue weighted by atomic mass is 35.5. The zero-order chi connectivity index (χ0) is 11.1. The number of hydrogen-bond acceptors (Lipinski definition) is 1. The Morgan fingerprint density at radius 2 is 1.64 bits per heavy atom. The van der Waals surface area contributed by atoms with Crippen molar-refractivity contribution in [1.29, 1.82) is 0 Å². The molecule has 0 atom stereocenters. The lowest BCUT2D eigenvalue weighted by Gasteiger charge is -1.99. The van der Waals surface area contributed by atoms with Gasteiger partial charge in [0.2, 0.25) is 0 Å². The summed E-state index contributed by atoms with van der Waals surface area (Å²) in [5.74, 6) is 0. The van der Waals surface area contributed by atoms with E-state index in [-0.39, 0.29) is 0 Å². The Bertz CT molecular complexity index is 125. The Kier molecular flexibility index (Phi) is 21.5. The summed E-state index contributed by atoms with van der Waals surface area (Å²) >= 11 is 5.03. The van der Waals surface area contributed by atoms with E-state index in [1.807, 2.05) is 6.92 Å². The minimum absolute atomic E-state index is 0.955. The second-order valence-electron chi connectivity index (χ2n) is 2.88. The lowest BCUT2D eigenvalue weighted by Crippen LogP contribution is -1.95. The molecule has 0 aromatic heterocycles. The highest BCUT2D eigenvalue weighted by molar-refractivity contribution is 6.25. The summed E-state index contributed by atoms with van der Waals surface area (Å²) in [6.07, 6.45) is 6.65. The van der Waals surface area contributed by atoms with Crippen LogP contribution in [0.3, 0.4) is 0 Å². The molecule has 0 saturated carbocycles. The first kappa shape index (κ1) is 16.2. The zero-order valence-corrected chi connectivity index (χ0v) is 10.4. The van der Waals surface area contributed by atoms with Crippen LogP contribution in [-0.4, -0.2) is 13.2 Å². The summed E-state index contributed by atoms with van der Waals surface area (Å²) in [5, 5.41) is 0. The van der Waals surface area contributed by atoms with Crippen LogP contribution in [0.15, 0.2) is 17.3 Å². The van der Waals surface area contributed by atoms with Crippen LogP contribution in [0, 0.1) is 0 Å². The minimum atomic E-state index is 0.955. The van der Waals surface area contributed by atoms with Gasteiger partial charge in [0, 0.05) is 18.7 Å². The Hall–Kier alpha value is -0.230. The molecule has 0 fully saturated rings. The van der Waals surface area contributed by atoms with E-state index < -0.39 is 0 Å². The third-order valence-corrected chi connectivity index (χ3v) is 1.64. The molecule has 0 radical (unpaired) electrons. The molecule has 1 nitrogen and oxygen atoms in total. The number of ether oxygens (including phenoxy) is 1. The summed E-state index contributed by atoms with van der Waals surface area (Å²) in [4.78, 5) is 0. The SMILES string of the molecule is CC=C=CCl.CCCCOCCCC. The van der Waals surface area contributed by atoms with Crippen molar-refractivity contribution in [2.45, 2.75) is 46.5 Å². The Balaban J connectivity index is 0. The van der Waals surface area contributed by atoms with Crippen LogP contribution in [0.25, 0.3) is 0 Å². The van der Waals surface area contributed by atoms with E-state index in [9.17, 15) is 0 Å². The normalized spacial score (nSPS) is 8.29. The van der Waals surface area contributed by atoms with Crippen LogP contribution >= 0.6 is 11.6 Å². The van der Waals surface area contributed by atoms with E-state index in [4.69, 9.17) is 16.3 Å². The van der Waals surface area contributed by atoms with Crippen molar-refractivity contribution in [2.75, 3.05) is 13.2 Å². The third-order valence-electron chi connectivity index (χ3n) is 1.51. The average molecular weight is 219 g/mol. The minimum Gasteiger partial charge on any atom is -0.381 e. The smallest absolute Gasteiger partial charge is 0.0465 e. The predicted molar refractivity (Wildman–Crippen MR) is 64.8 cm³/mol. The van der Waals surface area contributed by atoms with Gasteiger partial charge in [0.05, 0.1) is 0 Å². The van der Waals surface area contributed by atoms with Gasteiger partial charge < -0.3 is 4.74 Å². The van der Waals surface area contributed by atoms with Crippen LogP contribution < -0.4 is 0 Å². The van der Waals surface area contributed by atoms with E-state index in [1.54, 1.807) is 6.08 Å². The van der Waals surface area contributed by atoms with Gasteiger partial charge >= 0.3 is 0 Å². The molecular weight excluding hydrogens is 196 g/mol. The van der Waals surface area contributed by atoms with Crippen LogP contribution in [-0.2, 0) is 4.74 Å². The molecule has 84 valence electrons. The molecular formula is C12H23ClO. The molecule has 0 aromatic rings. The molecule has 14 heavy (non-hydrogen) atoms.